The monoisotopic (exact) mass is 498 g/mol. The number of aryl methyl sites for hydroxylation is 1. The first kappa shape index (κ1) is 23.6. The molecule has 1 aliphatic carbocycles. The SMILES string of the molecule is CN1C(=O)CCC1COc1cc(C(C)(C)O)sc1-c1cn(C)c(=O)c2[nH]c(C(=O)NC3CC3)cc12. The number of hydrogen-bond acceptors (Lipinski definition) is 6. The fourth-order valence-corrected chi connectivity index (χ4v) is 5.47. The van der Waals surface area contributed by atoms with E-state index in [-0.39, 0.29) is 29.5 Å². The van der Waals surface area contributed by atoms with E-state index in [0.29, 0.717) is 40.3 Å². The van der Waals surface area contributed by atoms with Gasteiger partial charge in [0.2, 0.25) is 5.91 Å². The highest BCUT2D eigenvalue weighted by atomic mass is 32.1. The van der Waals surface area contributed by atoms with Crippen LogP contribution in [0.4, 0.5) is 0 Å². The number of aromatic nitrogens is 2. The number of H-pyrrole nitrogens is 1. The van der Waals surface area contributed by atoms with Gasteiger partial charge in [-0.25, -0.2) is 0 Å². The molecule has 9 nitrogen and oxygen atoms in total. The van der Waals surface area contributed by atoms with Crippen LogP contribution < -0.4 is 15.6 Å². The standard InChI is InChI=1S/C25H30N4O5S/c1-25(2,33)19-10-18(34-12-14-7-8-20(30)29(14)4)22(35-19)16-11-28(3)24(32)21-15(16)9-17(27-21)23(31)26-13-5-6-13/h9-11,13-14,27,33H,5-8,12H2,1-4H3,(H,26,31). The first-order chi connectivity index (χ1) is 16.5. The van der Waals surface area contributed by atoms with Crippen LogP contribution in [0.25, 0.3) is 21.3 Å². The number of aromatic amines is 1. The van der Waals surface area contributed by atoms with Crippen LogP contribution in [0.1, 0.15) is 54.9 Å². The maximum Gasteiger partial charge on any atom is 0.274 e. The van der Waals surface area contributed by atoms with Gasteiger partial charge in [0.05, 0.1) is 16.5 Å². The Balaban J connectivity index is 1.58. The van der Waals surface area contributed by atoms with Crippen LogP contribution in [-0.4, -0.2) is 57.1 Å². The number of fused-ring (bicyclic) bond motifs is 1. The van der Waals surface area contributed by atoms with Gasteiger partial charge in [0.25, 0.3) is 11.5 Å². The number of amides is 2. The van der Waals surface area contributed by atoms with E-state index in [1.165, 1.54) is 15.9 Å². The summed E-state index contributed by atoms with van der Waals surface area (Å²) in [5, 5.41) is 14.3. The summed E-state index contributed by atoms with van der Waals surface area (Å²) in [7, 11) is 3.45. The average Bonchev–Trinajstić information content (AvgIpc) is 3.19. The molecule has 0 spiro atoms. The molecule has 5 rings (SSSR count). The summed E-state index contributed by atoms with van der Waals surface area (Å²) in [5.41, 5.74) is 0.0895. The summed E-state index contributed by atoms with van der Waals surface area (Å²) in [6.07, 6.45) is 4.91. The molecule has 1 atom stereocenters. The van der Waals surface area contributed by atoms with Crippen molar-refractivity contribution < 1.29 is 19.4 Å². The van der Waals surface area contributed by atoms with Gasteiger partial charge in [-0.3, -0.25) is 14.4 Å². The van der Waals surface area contributed by atoms with Crippen molar-refractivity contribution in [3.05, 3.63) is 39.3 Å². The Morgan fingerprint density at radius 3 is 2.63 bits per heavy atom. The minimum absolute atomic E-state index is 0.0223. The minimum atomic E-state index is -1.09. The van der Waals surface area contributed by atoms with Gasteiger partial charge in [0, 0.05) is 48.6 Å². The number of likely N-dealkylation sites (tertiary alicyclic amines) is 1. The van der Waals surface area contributed by atoms with Crippen LogP contribution >= 0.6 is 11.3 Å². The predicted octanol–water partition coefficient (Wildman–Crippen LogP) is 2.71. The summed E-state index contributed by atoms with van der Waals surface area (Å²) in [4.78, 5) is 43.7. The van der Waals surface area contributed by atoms with Crippen molar-refractivity contribution in [3.8, 4) is 16.2 Å². The highest BCUT2D eigenvalue weighted by Crippen LogP contribution is 2.44. The van der Waals surface area contributed by atoms with Gasteiger partial charge in [-0.1, -0.05) is 0 Å². The first-order valence-corrected chi connectivity index (χ1v) is 12.6. The number of likely N-dealkylation sites (N-methyl/N-ethyl adjacent to an activating group) is 1. The normalized spacial score (nSPS) is 18.5. The van der Waals surface area contributed by atoms with Crippen LogP contribution in [0.15, 0.2) is 23.1 Å². The summed E-state index contributed by atoms with van der Waals surface area (Å²) in [6.45, 7) is 3.75. The zero-order valence-electron chi connectivity index (χ0n) is 20.3. The maximum atomic E-state index is 12.9. The minimum Gasteiger partial charge on any atom is -0.490 e. The average molecular weight is 499 g/mol. The zero-order valence-corrected chi connectivity index (χ0v) is 21.1. The van der Waals surface area contributed by atoms with Gasteiger partial charge in [-0.15, -0.1) is 11.3 Å². The molecule has 4 heterocycles. The third-order valence-electron chi connectivity index (χ3n) is 6.73. The lowest BCUT2D eigenvalue weighted by Gasteiger charge is -2.20. The molecule has 10 heteroatoms. The summed E-state index contributed by atoms with van der Waals surface area (Å²) < 4.78 is 7.71. The Bertz CT molecular complexity index is 1370. The number of ether oxygens (including phenoxy) is 1. The number of carbonyl (C=O) groups is 2. The molecule has 0 radical (unpaired) electrons. The molecule has 3 N–H and O–H groups in total. The maximum absolute atomic E-state index is 12.9. The van der Waals surface area contributed by atoms with Gasteiger partial charge in [-0.05, 0) is 45.2 Å². The molecular weight excluding hydrogens is 468 g/mol. The second kappa shape index (κ2) is 8.53. The second-order valence-corrected chi connectivity index (χ2v) is 11.1. The number of nitrogens with one attached hydrogen (secondary N) is 2. The fraction of sp³-hybridized carbons (Fsp3) is 0.480. The van der Waals surface area contributed by atoms with Crippen LogP contribution in [0.3, 0.4) is 0 Å². The largest absolute Gasteiger partial charge is 0.490 e. The third kappa shape index (κ3) is 4.48. The van der Waals surface area contributed by atoms with Crippen molar-refractivity contribution in [1.29, 1.82) is 0 Å². The van der Waals surface area contributed by atoms with Crippen molar-refractivity contribution in [1.82, 2.24) is 19.8 Å². The Morgan fingerprint density at radius 2 is 2.00 bits per heavy atom. The highest BCUT2D eigenvalue weighted by Gasteiger charge is 2.30. The number of thiophene rings is 1. The van der Waals surface area contributed by atoms with E-state index in [1.807, 2.05) is 6.07 Å². The first-order valence-electron chi connectivity index (χ1n) is 11.8. The van der Waals surface area contributed by atoms with E-state index >= 15 is 0 Å². The Morgan fingerprint density at radius 1 is 1.26 bits per heavy atom. The van der Waals surface area contributed by atoms with Crippen molar-refractivity contribution in [2.75, 3.05) is 13.7 Å². The molecule has 2 aliphatic rings. The molecule has 2 amide bonds. The van der Waals surface area contributed by atoms with Crippen molar-refractivity contribution >= 4 is 34.1 Å². The summed E-state index contributed by atoms with van der Waals surface area (Å²) >= 11 is 1.39. The smallest absolute Gasteiger partial charge is 0.274 e. The van der Waals surface area contributed by atoms with E-state index in [4.69, 9.17) is 4.74 Å². The molecule has 2 fully saturated rings. The molecule has 1 aliphatic heterocycles. The number of aliphatic hydroxyl groups is 1. The molecule has 1 saturated carbocycles. The molecule has 0 bridgehead atoms. The number of rotatable bonds is 7. The molecule has 3 aromatic rings. The van der Waals surface area contributed by atoms with E-state index in [0.717, 1.165) is 29.7 Å². The lowest BCUT2D eigenvalue weighted by molar-refractivity contribution is -0.127. The molecule has 1 unspecified atom stereocenters. The van der Waals surface area contributed by atoms with E-state index in [1.54, 1.807) is 45.1 Å². The van der Waals surface area contributed by atoms with Crippen molar-refractivity contribution in [2.24, 2.45) is 7.05 Å². The van der Waals surface area contributed by atoms with Crippen LogP contribution in [0.5, 0.6) is 5.75 Å². The number of hydrogen-bond donors (Lipinski definition) is 3. The highest BCUT2D eigenvalue weighted by molar-refractivity contribution is 7.16. The molecule has 1 saturated heterocycles. The van der Waals surface area contributed by atoms with Gasteiger partial charge in [-0.2, -0.15) is 0 Å². The Kier molecular flexibility index (Phi) is 5.76. The van der Waals surface area contributed by atoms with Crippen molar-refractivity contribution in [3.63, 3.8) is 0 Å². The molecule has 3 aromatic heterocycles. The summed E-state index contributed by atoms with van der Waals surface area (Å²) in [6, 6.07) is 3.70. The van der Waals surface area contributed by atoms with Gasteiger partial charge in [0.15, 0.2) is 0 Å². The van der Waals surface area contributed by atoms with Crippen LogP contribution in [0.2, 0.25) is 0 Å². The molecule has 0 aromatic carbocycles. The molecule has 35 heavy (non-hydrogen) atoms. The van der Waals surface area contributed by atoms with Gasteiger partial charge in [0.1, 0.15) is 23.6 Å². The predicted molar refractivity (Wildman–Crippen MR) is 134 cm³/mol. The molecule has 186 valence electrons. The van der Waals surface area contributed by atoms with E-state index in [2.05, 4.69) is 10.3 Å². The van der Waals surface area contributed by atoms with Gasteiger partial charge >= 0.3 is 0 Å². The van der Waals surface area contributed by atoms with Crippen molar-refractivity contribution in [2.45, 2.75) is 57.2 Å². The molecular formula is C25H30N4O5S. The number of pyridine rings is 1. The van der Waals surface area contributed by atoms with E-state index < -0.39 is 5.60 Å². The zero-order chi connectivity index (χ0) is 25.1. The fourth-order valence-electron chi connectivity index (χ4n) is 4.34. The number of carbonyl (C=O) groups excluding carboxylic acids is 2. The van der Waals surface area contributed by atoms with Crippen LogP contribution in [0, 0.1) is 0 Å². The van der Waals surface area contributed by atoms with Gasteiger partial charge < -0.3 is 29.6 Å². The Labute approximate surface area is 206 Å². The second-order valence-electron chi connectivity index (χ2n) is 10.0. The van der Waals surface area contributed by atoms with E-state index in [9.17, 15) is 19.5 Å². The topological polar surface area (TPSA) is 117 Å². The lowest BCUT2D eigenvalue weighted by Crippen LogP contribution is -2.33. The van der Waals surface area contributed by atoms with Crippen LogP contribution in [-0.2, 0) is 17.4 Å². The lowest BCUT2D eigenvalue weighted by atomic mass is 10.1. The number of nitrogens with zero attached hydrogens (tertiary/aromatic N) is 2. The third-order valence-corrected chi connectivity index (χ3v) is 8.19. The quantitative estimate of drug-likeness (QED) is 0.463. The Hall–Kier alpha value is -3.11. The summed E-state index contributed by atoms with van der Waals surface area (Å²) in [5.74, 6) is 0.445.